The molecule has 0 aliphatic rings. The van der Waals surface area contributed by atoms with Gasteiger partial charge in [0.25, 0.3) is 0 Å². The summed E-state index contributed by atoms with van der Waals surface area (Å²) in [5, 5.41) is 9.69. The van der Waals surface area contributed by atoms with Gasteiger partial charge in [-0.25, -0.2) is 0 Å². The molecule has 20 heavy (non-hydrogen) atoms. The molecule has 2 aromatic carbocycles. The molecule has 0 fully saturated rings. The molecule has 1 unspecified atom stereocenters. The van der Waals surface area contributed by atoms with Gasteiger partial charge in [-0.1, -0.05) is 50.2 Å². The van der Waals surface area contributed by atoms with Gasteiger partial charge in [0.05, 0.1) is 0 Å². The van der Waals surface area contributed by atoms with Gasteiger partial charge in [0.2, 0.25) is 0 Å². The van der Waals surface area contributed by atoms with E-state index in [4.69, 9.17) is 0 Å². The van der Waals surface area contributed by atoms with E-state index in [-0.39, 0.29) is 0 Å². The Kier molecular flexibility index (Phi) is 5.57. The molecule has 2 rings (SSSR count). The summed E-state index contributed by atoms with van der Waals surface area (Å²) in [4.78, 5) is 0. The topological polar surface area (TPSA) is 24.1 Å². The van der Waals surface area contributed by atoms with E-state index in [1.54, 1.807) is 0 Å². The van der Waals surface area contributed by atoms with Crippen LogP contribution in [0.5, 0.6) is 0 Å². The molecule has 0 amide bonds. The molecule has 0 heterocycles. The summed E-state index contributed by atoms with van der Waals surface area (Å²) in [5.41, 5.74) is 1.35. The molecule has 0 aliphatic carbocycles. The highest BCUT2D eigenvalue weighted by molar-refractivity contribution is 5.82. The van der Waals surface area contributed by atoms with Crippen molar-refractivity contribution in [1.82, 2.24) is 10.6 Å². The van der Waals surface area contributed by atoms with Crippen LogP contribution in [0.1, 0.15) is 26.3 Å². The molecule has 2 heteroatoms. The normalized spacial score (nSPS) is 13.0. The van der Waals surface area contributed by atoms with Gasteiger partial charge in [-0.05, 0) is 41.8 Å². The lowest BCUT2D eigenvalue weighted by molar-refractivity contribution is 0.472. The molecule has 0 aromatic heterocycles. The first-order chi connectivity index (χ1) is 9.65. The highest BCUT2D eigenvalue weighted by atomic mass is 15.0. The third kappa shape index (κ3) is 4.62. The van der Waals surface area contributed by atoms with Crippen LogP contribution in [0.3, 0.4) is 0 Å². The Labute approximate surface area is 122 Å². The number of benzene rings is 2. The first-order valence-electron chi connectivity index (χ1n) is 7.57. The first kappa shape index (κ1) is 15.0. The Morgan fingerprint density at radius 1 is 0.900 bits per heavy atom. The molecule has 2 N–H and O–H groups in total. The molecule has 0 aliphatic heterocycles. The van der Waals surface area contributed by atoms with Crippen LogP contribution in [0.4, 0.5) is 0 Å². The second-order valence-corrected chi connectivity index (χ2v) is 6.02. The zero-order chi connectivity index (χ0) is 14.4. The summed E-state index contributed by atoms with van der Waals surface area (Å²) in [7, 11) is 0. The van der Waals surface area contributed by atoms with Crippen LogP contribution in [-0.2, 0) is 6.54 Å². The van der Waals surface area contributed by atoms with Crippen LogP contribution in [0, 0.1) is 5.92 Å². The molecular formula is C18H26N2. The van der Waals surface area contributed by atoms with Crippen LogP contribution >= 0.6 is 0 Å². The van der Waals surface area contributed by atoms with Crippen LogP contribution in [0.15, 0.2) is 42.5 Å². The van der Waals surface area contributed by atoms with Crippen molar-refractivity contribution in [3.63, 3.8) is 0 Å². The van der Waals surface area contributed by atoms with Gasteiger partial charge in [0, 0.05) is 19.1 Å². The number of nitrogens with one attached hydrogen (secondary N) is 2. The number of fused-ring (bicyclic) bond motifs is 1. The van der Waals surface area contributed by atoms with Crippen LogP contribution < -0.4 is 10.6 Å². The van der Waals surface area contributed by atoms with Crippen molar-refractivity contribution >= 4 is 10.8 Å². The maximum absolute atomic E-state index is 3.57. The average Bonchev–Trinajstić information content (AvgIpc) is 2.44. The molecule has 0 radical (unpaired) electrons. The standard InChI is InChI=1S/C18H26N2/c1-14(2)11-19-12-15(3)20-13-16-8-9-17-6-4-5-7-18(17)10-16/h4-10,14-15,19-20H,11-13H2,1-3H3. The minimum atomic E-state index is 0.486. The minimum Gasteiger partial charge on any atom is -0.315 e. The summed E-state index contributed by atoms with van der Waals surface area (Å²) in [6, 6.07) is 15.7. The number of hydrogen-bond donors (Lipinski definition) is 2. The number of hydrogen-bond acceptors (Lipinski definition) is 2. The van der Waals surface area contributed by atoms with Crippen molar-refractivity contribution in [3.8, 4) is 0 Å². The highest BCUT2D eigenvalue weighted by Crippen LogP contribution is 2.15. The summed E-state index contributed by atoms with van der Waals surface area (Å²) < 4.78 is 0. The number of rotatable bonds is 7. The third-order valence-corrected chi connectivity index (χ3v) is 3.47. The molecule has 2 aromatic rings. The molecular weight excluding hydrogens is 244 g/mol. The zero-order valence-corrected chi connectivity index (χ0v) is 12.8. The van der Waals surface area contributed by atoms with Gasteiger partial charge in [0.1, 0.15) is 0 Å². The Hall–Kier alpha value is -1.38. The summed E-state index contributed by atoms with van der Waals surface area (Å²) >= 11 is 0. The van der Waals surface area contributed by atoms with E-state index in [2.05, 4.69) is 73.9 Å². The Morgan fingerprint density at radius 3 is 2.40 bits per heavy atom. The maximum atomic E-state index is 3.57. The van der Waals surface area contributed by atoms with E-state index >= 15 is 0 Å². The Bertz CT molecular complexity index is 534. The lowest BCUT2D eigenvalue weighted by Crippen LogP contribution is -2.37. The summed E-state index contributed by atoms with van der Waals surface area (Å²) in [6.45, 7) is 9.73. The maximum Gasteiger partial charge on any atom is 0.0208 e. The molecule has 108 valence electrons. The predicted molar refractivity (Wildman–Crippen MR) is 88.0 cm³/mol. The van der Waals surface area contributed by atoms with E-state index in [1.807, 2.05) is 0 Å². The molecule has 0 saturated carbocycles. The smallest absolute Gasteiger partial charge is 0.0208 e. The van der Waals surface area contributed by atoms with E-state index in [0.29, 0.717) is 12.0 Å². The molecule has 1 atom stereocenters. The largest absolute Gasteiger partial charge is 0.315 e. The first-order valence-corrected chi connectivity index (χ1v) is 7.57. The summed E-state index contributed by atoms with van der Waals surface area (Å²) in [5.74, 6) is 0.711. The van der Waals surface area contributed by atoms with E-state index < -0.39 is 0 Å². The van der Waals surface area contributed by atoms with Crippen molar-refractivity contribution in [2.75, 3.05) is 13.1 Å². The highest BCUT2D eigenvalue weighted by Gasteiger charge is 2.02. The summed E-state index contributed by atoms with van der Waals surface area (Å²) in [6.07, 6.45) is 0. The van der Waals surface area contributed by atoms with Gasteiger partial charge in [-0.15, -0.1) is 0 Å². The predicted octanol–water partition coefficient (Wildman–Crippen LogP) is 3.56. The van der Waals surface area contributed by atoms with Crippen molar-refractivity contribution in [3.05, 3.63) is 48.0 Å². The fourth-order valence-electron chi connectivity index (χ4n) is 2.30. The van der Waals surface area contributed by atoms with Crippen LogP contribution in [0.2, 0.25) is 0 Å². The molecule has 2 nitrogen and oxygen atoms in total. The van der Waals surface area contributed by atoms with E-state index in [9.17, 15) is 0 Å². The third-order valence-electron chi connectivity index (χ3n) is 3.47. The minimum absolute atomic E-state index is 0.486. The second kappa shape index (κ2) is 7.41. The molecule has 0 bridgehead atoms. The molecule has 0 saturated heterocycles. The van der Waals surface area contributed by atoms with Gasteiger partial charge >= 0.3 is 0 Å². The lowest BCUT2D eigenvalue weighted by atomic mass is 10.1. The van der Waals surface area contributed by atoms with Crippen molar-refractivity contribution in [1.29, 1.82) is 0 Å². The van der Waals surface area contributed by atoms with Gasteiger partial charge in [0.15, 0.2) is 0 Å². The fourth-order valence-corrected chi connectivity index (χ4v) is 2.30. The van der Waals surface area contributed by atoms with Gasteiger partial charge < -0.3 is 10.6 Å². The van der Waals surface area contributed by atoms with E-state index in [0.717, 1.165) is 19.6 Å². The van der Waals surface area contributed by atoms with Crippen molar-refractivity contribution in [2.24, 2.45) is 5.92 Å². The Balaban J connectivity index is 1.83. The Morgan fingerprint density at radius 2 is 1.65 bits per heavy atom. The molecule has 0 spiro atoms. The zero-order valence-electron chi connectivity index (χ0n) is 12.8. The van der Waals surface area contributed by atoms with Crippen LogP contribution in [0.25, 0.3) is 10.8 Å². The van der Waals surface area contributed by atoms with Crippen molar-refractivity contribution in [2.45, 2.75) is 33.4 Å². The van der Waals surface area contributed by atoms with Gasteiger partial charge in [-0.2, -0.15) is 0 Å². The SMILES string of the molecule is CC(C)CNCC(C)NCc1ccc2ccccc2c1. The van der Waals surface area contributed by atoms with Gasteiger partial charge in [-0.3, -0.25) is 0 Å². The monoisotopic (exact) mass is 270 g/mol. The quantitative estimate of drug-likeness (QED) is 0.804. The van der Waals surface area contributed by atoms with Crippen molar-refractivity contribution < 1.29 is 0 Å². The van der Waals surface area contributed by atoms with Crippen LogP contribution in [-0.4, -0.2) is 19.1 Å². The lowest BCUT2D eigenvalue weighted by Gasteiger charge is -2.16. The van der Waals surface area contributed by atoms with E-state index in [1.165, 1.54) is 16.3 Å². The fraction of sp³-hybridized carbons (Fsp3) is 0.444. The average molecular weight is 270 g/mol. The second-order valence-electron chi connectivity index (χ2n) is 6.02.